The summed E-state index contributed by atoms with van der Waals surface area (Å²) in [6.45, 7) is 7.78. The van der Waals surface area contributed by atoms with Crippen molar-refractivity contribution in [3.63, 3.8) is 0 Å². The Labute approximate surface area is 116 Å². The van der Waals surface area contributed by atoms with Crippen LogP contribution in [0.5, 0.6) is 0 Å². The molecule has 0 aromatic heterocycles. The molecule has 90 valence electrons. The molecule has 0 amide bonds. The molecular formula is C12H19IN2S. The van der Waals surface area contributed by atoms with Gasteiger partial charge in [0.05, 0.1) is 0 Å². The number of thioether (sulfide) groups is 1. The Hall–Kier alpha value is 0.0600. The maximum absolute atomic E-state index is 5.96. The van der Waals surface area contributed by atoms with E-state index in [4.69, 9.17) is 5.73 Å². The highest BCUT2D eigenvalue weighted by molar-refractivity contribution is 14.1. The normalized spacial score (nSPS) is 11.0. The molecule has 0 fully saturated rings. The molecular weight excluding hydrogens is 331 g/mol. The van der Waals surface area contributed by atoms with Gasteiger partial charge in [0.2, 0.25) is 0 Å². The summed E-state index contributed by atoms with van der Waals surface area (Å²) in [5, 5.41) is 0. The molecule has 2 nitrogen and oxygen atoms in total. The van der Waals surface area contributed by atoms with E-state index in [2.05, 4.69) is 53.5 Å². The van der Waals surface area contributed by atoms with E-state index in [-0.39, 0.29) is 0 Å². The minimum atomic E-state index is 0.899. The van der Waals surface area contributed by atoms with E-state index in [1.54, 1.807) is 0 Å². The lowest BCUT2D eigenvalue weighted by Gasteiger charge is -2.17. The van der Waals surface area contributed by atoms with Gasteiger partial charge in [-0.25, -0.2) is 0 Å². The maximum atomic E-state index is 5.96. The van der Waals surface area contributed by atoms with Gasteiger partial charge in [-0.1, -0.05) is 13.8 Å². The third-order valence-corrected chi connectivity index (χ3v) is 4.27. The molecule has 0 spiro atoms. The number of nitrogen functional groups attached to an aromatic ring is 1. The Balaban J connectivity index is 2.42. The van der Waals surface area contributed by atoms with E-state index < -0.39 is 0 Å². The first kappa shape index (κ1) is 14.1. The minimum Gasteiger partial charge on any atom is -0.398 e. The topological polar surface area (TPSA) is 29.3 Å². The van der Waals surface area contributed by atoms with Crippen LogP contribution in [0, 0.1) is 3.57 Å². The van der Waals surface area contributed by atoms with Crippen molar-refractivity contribution in [3.05, 3.63) is 21.8 Å². The number of hydrogen-bond donors (Lipinski definition) is 1. The van der Waals surface area contributed by atoms with Gasteiger partial charge in [-0.3, -0.25) is 0 Å². The van der Waals surface area contributed by atoms with Gasteiger partial charge in [-0.05, 0) is 53.9 Å². The number of nitrogens with zero attached hydrogens (tertiary/aromatic N) is 1. The number of rotatable bonds is 6. The predicted molar refractivity (Wildman–Crippen MR) is 82.1 cm³/mol. The Morgan fingerprint density at radius 3 is 2.56 bits per heavy atom. The SMILES string of the molecule is CCN(CC)CCSc1ccc(I)cc1N. The van der Waals surface area contributed by atoms with E-state index in [0.717, 1.165) is 31.1 Å². The van der Waals surface area contributed by atoms with Crippen LogP contribution in [-0.4, -0.2) is 30.3 Å². The zero-order valence-corrected chi connectivity index (χ0v) is 12.8. The van der Waals surface area contributed by atoms with Gasteiger partial charge in [0, 0.05) is 26.5 Å². The van der Waals surface area contributed by atoms with Gasteiger partial charge >= 0.3 is 0 Å². The summed E-state index contributed by atoms with van der Waals surface area (Å²) in [5.74, 6) is 1.10. The van der Waals surface area contributed by atoms with Crippen LogP contribution in [-0.2, 0) is 0 Å². The highest BCUT2D eigenvalue weighted by Crippen LogP contribution is 2.26. The summed E-state index contributed by atoms with van der Waals surface area (Å²) in [6.07, 6.45) is 0. The van der Waals surface area contributed by atoms with Crippen LogP contribution in [0.4, 0.5) is 5.69 Å². The van der Waals surface area contributed by atoms with Crippen molar-refractivity contribution in [3.8, 4) is 0 Å². The molecule has 0 atom stereocenters. The van der Waals surface area contributed by atoms with Crippen molar-refractivity contribution in [2.45, 2.75) is 18.7 Å². The van der Waals surface area contributed by atoms with Crippen LogP contribution in [0.15, 0.2) is 23.1 Å². The van der Waals surface area contributed by atoms with Crippen LogP contribution in [0.3, 0.4) is 0 Å². The van der Waals surface area contributed by atoms with Crippen LogP contribution in [0.2, 0.25) is 0 Å². The molecule has 2 N–H and O–H groups in total. The first-order valence-corrected chi connectivity index (χ1v) is 7.64. The molecule has 1 aromatic rings. The number of anilines is 1. The zero-order valence-electron chi connectivity index (χ0n) is 9.87. The van der Waals surface area contributed by atoms with Gasteiger partial charge in [0.1, 0.15) is 0 Å². The number of hydrogen-bond acceptors (Lipinski definition) is 3. The second kappa shape index (κ2) is 7.40. The molecule has 1 rings (SSSR count). The Bertz CT molecular complexity index is 327. The highest BCUT2D eigenvalue weighted by Gasteiger charge is 2.02. The van der Waals surface area contributed by atoms with Crippen molar-refractivity contribution in [1.82, 2.24) is 4.90 Å². The molecule has 4 heteroatoms. The van der Waals surface area contributed by atoms with Crippen LogP contribution in [0.1, 0.15) is 13.8 Å². The monoisotopic (exact) mass is 350 g/mol. The fourth-order valence-electron chi connectivity index (χ4n) is 1.48. The van der Waals surface area contributed by atoms with Crippen LogP contribution in [0.25, 0.3) is 0 Å². The summed E-state index contributed by atoms with van der Waals surface area (Å²) in [7, 11) is 0. The average molecular weight is 350 g/mol. The number of halogens is 1. The zero-order chi connectivity index (χ0) is 12.0. The van der Waals surface area contributed by atoms with Crippen LogP contribution < -0.4 is 5.73 Å². The first-order chi connectivity index (χ1) is 7.67. The summed E-state index contributed by atoms with van der Waals surface area (Å²) in [5.41, 5.74) is 6.86. The maximum Gasteiger partial charge on any atom is 0.0462 e. The summed E-state index contributed by atoms with van der Waals surface area (Å²) in [4.78, 5) is 3.63. The molecule has 0 bridgehead atoms. The Kier molecular flexibility index (Phi) is 6.53. The van der Waals surface area contributed by atoms with E-state index in [1.807, 2.05) is 17.8 Å². The van der Waals surface area contributed by atoms with E-state index >= 15 is 0 Å². The summed E-state index contributed by atoms with van der Waals surface area (Å²) < 4.78 is 1.20. The van der Waals surface area contributed by atoms with Gasteiger partial charge in [0.15, 0.2) is 0 Å². The fraction of sp³-hybridized carbons (Fsp3) is 0.500. The minimum absolute atomic E-state index is 0.899. The van der Waals surface area contributed by atoms with Crippen molar-refractivity contribution in [1.29, 1.82) is 0 Å². The van der Waals surface area contributed by atoms with Gasteiger partial charge in [0.25, 0.3) is 0 Å². The molecule has 0 radical (unpaired) electrons. The molecule has 0 aliphatic heterocycles. The van der Waals surface area contributed by atoms with Crippen LogP contribution >= 0.6 is 34.4 Å². The Morgan fingerprint density at radius 1 is 1.31 bits per heavy atom. The lowest BCUT2D eigenvalue weighted by atomic mass is 10.3. The summed E-state index contributed by atoms with van der Waals surface area (Å²) in [6, 6.07) is 6.25. The number of benzene rings is 1. The third-order valence-electron chi connectivity index (χ3n) is 2.53. The van der Waals surface area contributed by atoms with Crippen molar-refractivity contribution >= 4 is 40.0 Å². The van der Waals surface area contributed by atoms with E-state index in [0.29, 0.717) is 0 Å². The van der Waals surface area contributed by atoms with Gasteiger partial charge < -0.3 is 10.6 Å². The molecule has 1 aromatic carbocycles. The molecule has 0 saturated carbocycles. The molecule has 0 aliphatic rings. The largest absolute Gasteiger partial charge is 0.398 e. The van der Waals surface area contributed by atoms with Crippen molar-refractivity contribution in [2.24, 2.45) is 0 Å². The number of nitrogens with two attached hydrogens (primary N) is 1. The molecule has 16 heavy (non-hydrogen) atoms. The lowest BCUT2D eigenvalue weighted by Crippen LogP contribution is -2.25. The Morgan fingerprint density at radius 2 is 2.00 bits per heavy atom. The first-order valence-electron chi connectivity index (χ1n) is 5.57. The van der Waals surface area contributed by atoms with E-state index in [9.17, 15) is 0 Å². The summed E-state index contributed by atoms with van der Waals surface area (Å²) >= 11 is 4.13. The predicted octanol–water partition coefficient (Wildman–Crippen LogP) is 3.31. The van der Waals surface area contributed by atoms with Gasteiger partial charge in [-0.15, -0.1) is 11.8 Å². The molecule has 0 aliphatic carbocycles. The second-order valence-corrected chi connectivity index (χ2v) is 5.94. The van der Waals surface area contributed by atoms with Gasteiger partial charge in [-0.2, -0.15) is 0 Å². The smallest absolute Gasteiger partial charge is 0.0462 e. The standard InChI is InChI=1S/C12H19IN2S/c1-3-15(4-2)7-8-16-12-6-5-10(13)9-11(12)14/h5-6,9H,3-4,7-8,14H2,1-2H3. The quantitative estimate of drug-likeness (QED) is 0.485. The molecule has 0 heterocycles. The molecule has 0 saturated heterocycles. The van der Waals surface area contributed by atoms with Crippen molar-refractivity contribution in [2.75, 3.05) is 31.1 Å². The van der Waals surface area contributed by atoms with Crippen molar-refractivity contribution < 1.29 is 0 Å². The lowest BCUT2D eigenvalue weighted by molar-refractivity contribution is 0.324. The molecule has 0 unspecified atom stereocenters. The average Bonchev–Trinajstić information content (AvgIpc) is 2.27. The fourth-order valence-corrected chi connectivity index (χ4v) is 2.95. The second-order valence-electron chi connectivity index (χ2n) is 3.56. The highest BCUT2D eigenvalue weighted by atomic mass is 127. The third kappa shape index (κ3) is 4.51. The van der Waals surface area contributed by atoms with E-state index in [1.165, 1.54) is 8.47 Å².